The highest BCUT2D eigenvalue weighted by atomic mass is 16.3. The third-order valence-corrected chi connectivity index (χ3v) is 10.6. The molecule has 5 heteroatoms. The molecule has 0 bridgehead atoms. The number of hydrogen-bond acceptors (Lipinski definition) is 5. The minimum Gasteiger partial charge on any atom is -0.456 e. The van der Waals surface area contributed by atoms with Gasteiger partial charge in [-0.05, 0) is 64.7 Å². The molecule has 0 spiro atoms. The maximum Gasteiger partial charge on any atom is 0.160 e. The predicted octanol–water partition coefficient (Wildman–Crippen LogP) is 13.7. The number of nitrogens with zero attached hydrogens (tertiary/aromatic N) is 3. The Morgan fingerprint density at radius 1 is 0.357 bits per heavy atom. The molecule has 11 rings (SSSR count). The lowest BCUT2D eigenvalue weighted by Crippen LogP contribution is -1.97. The van der Waals surface area contributed by atoms with Crippen LogP contribution in [0.25, 0.3) is 111 Å². The van der Waals surface area contributed by atoms with E-state index in [1.54, 1.807) is 6.20 Å². The van der Waals surface area contributed by atoms with Gasteiger partial charge >= 0.3 is 0 Å². The Morgan fingerprint density at radius 2 is 1.00 bits per heavy atom. The Kier molecular flexibility index (Phi) is 7.42. The van der Waals surface area contributed by atoms with Gasteiger partial charge in [-0.25, -0.2) is 9.97 Å². The average Bonchev–Trinajstić information content (AvgIpc) is 3.85. The van der Waals surface area contributed by atoms with E-state index in [4.69, 9.17) is 18.8 Å². The van der Waals surface area contributed by atoms with Crippen LogP contribution in [0.2, 0.25) is 0 Å². The van der Waals surface area contributed by atoms with Gasteiger partial charge in [-0.2, -0.15) is 0 Å². The monoisotopic (exact) mass is 717 g/mol. The first-order chi connectivity index (χ1) is 27.7. The van der Waals surface area contributed by atoms with Crippen LogP contribution in [-0.2, 0) is 0 Å². The molecule has 0 aliphatic carbocycles. The van der Waals surface area contributed by atoms with Crippen molar-refractivity contribution in [2.45, 2.75) is 0 Å². The fourth-order valence-corrected chi connectivity index (χ4v) is 7.94. The van der Waals surface area contributed by atoms with Gasteiger partial charge in [-0.1, -0.05) is 133 Å². The van der Waals surface area contributed by atoms with Gasteiger partial charge in [0.05, 0.1) is 11.4 Å². The van der Waals surface area contributed by atoms with Crippen molar-refractivity contribution in [1.29, 1.82) is 0 Å². The van der Waals surface area contributed by atoms with Crippen LogP contribution < -0.4 is 0 Å². The van der Waals surface area contributed by atoms with E-state index in [0.717, 1.165) is 105 Å². The lowest BCUT2D eigenvalue weighted by Gasteiger charge is -2.13. The van der Waals surface area contributed by atoms with Gasteiger partial charge in [-0.15, -0.1) is 0 Å². The second kappa shape index (κ2) is 13.0. The average molecular weight is 718 g/mol. The fraction of sp³-hybridized carbons (Fsp3) is 0. The van der Waals surface area contributed by atoms with Crippen LogP contribution in [0, 0.1) is 0 Å². The van der Waals surface area contributed by atoms with Crippen molar-refractivity contribution in [1.82, 2.24) is 15.0 Å². The lowest BCUT2D eigenvalue weighted by atomic mass is 9.94. The summed E-state index contributed by atoms with van der Waals surface area (Å²) in [4.78, 5) is 14.7. The Morgan fingerprint density at radius 3 is 1.82 bits per heavy atom. The van der Waals surface area contributed by atoms with E-state index in [1.807, 2.05) is 60.8 Å². The van der Waals surface area contributed by atoms with E-state index in [2.05, 4.69) is 126 Å². The van der Waals surface area contributed by atoms with E-state index in [9.17, 15) is 0 Å². The summed E-state index contributed by atoms with van der Waals surface area (Å²) in [6.07, 6.45) is 3.69. The minimum absolute atomic E-state index is 0.657. The molecule has 0 saturated carbocycles. The molecule has 0 aliphatic rings. The molecule has 0 atom stereocenters. The van der Waals surface area contributed by atoms with E-state index in [0.29, 0.717) is 5.82 Å². The van der Waals surface area contributed by atoms with E-state index >= 15 is 0 Å². The van der Waals surface area contributed by atoms with Gasteiger partial charge in [0.2, 0.25) is 0 Å². The van der Waals surface area contributed by atoms with Gasteiger partial charge in [-0.3, -0.25) is 4.98 Å². The lowest BCUT2D eigenvalue weighted by molar-refractivity contribution is 0.668. The molecular formula is C51H31N3O2. The number of fused-ring (bicyclic) bond motifs is 6. The largest absolute Gasteiger partial charge is 0.456 e. The molecule has 7 aromatic carbocycles. The summed E-state index contributed by atoms with van der Waals surface area (Å²) >= 11 is 0. The van der Waals surface area contributed by atoms with Crippen molar-refractivity contribution in [3.8, 4) is 67.3 Å². The van der Waals surface area contributed by atoms with Crippen LogP contribution in [0.15, 0.2) is 197 Å². The molecular weight excluding hydrogens is 687 g/mol. The number of benzene rings is 7. The highest BCUT2D eigenvalue weighted by Gasteiger charge is 2.19. The first-order valence-corrected chi connectivity index (χ1v) is 18.7. The minimum atomic E-state index is 0.657. The maximum atomic E-state index is 6.66. The van der Waals surface area contributed by atoms with Crippen molar-refractivity contribution >= 4 is 43.9 Å². The summed E-state index contributed by atoms with van der Waals surface area (Å²) in [5.41, 5.74) is 14.4. The maximum absolute atomic E-state index is 6.66. The summed E-state index contributed by atoms with van der Waals surface area (Å²) in [7, 11) is 0. The standard InChI is InChI=1S/C51H31N3O2/c1-2-11-33(12-3-1)44-30-45(40-15-5-4-14-37(40)36-13-10-28-52-31-36)54-51(53-44)34-22-20-32(21-23-34)38-26-27-39(50-49(38)43-17-7-9-19-47(43)56-50)35-24-25-42-41-16-6-8-18-46(41)55-48(42)29-35/h1-31H. The quantitative estimate of drug-likeness (QED) is 0.171. The third-order valence-electron chi connectivity index (χ3n) is 10.6. The zero-order valence-corrected chi connectivity index (χ0v) is 30.1. The van der Waals surface area contributed by atoms with Crippen molar-refractivity contribution in [3.05, 3.63) is 188 Å². The molecule has 0 amide bonds. The van der Waals surface area contributed by atoms with Crippen molar-refractivity contribution in [3.63, 3.8) is 0 Å². The molecule has 5 nitrogen and oxygen atoms in total. The van der Waals surface area contributed by atoms with Crippen LogP contribution in [0.1, 0.15) is 0 Å². The molecule has 0 N–H and O–H groups in total. The van der Waals surface area contributed by atoms with Gasteiger partial charge < -0.3 is 8.83 Å². The zero-order chi connectivity index (χ0) is 37.0. The highest BCUT2D eigenvalue weighted by Crippen LogP contribution is 2.43. The van der Waals surface area contributed by atoms with Gasteiger partial charge in [0.15, 0.2) is 5.82 Å². The SMILES string of the molecule is c1ccc(-c2cc(-c3ccccc3-c3cccnc3)nc(-c3ccc(-c4ccc(-c5ccc6c(c5)oc5ccccc56)c5oc6ccccc6c45)cc3)n2)cc1. The van der Waals surface area contributed by atoms with Gasteiger partial charge in [0, 0.05) is 61.8 Å². The second-order valence-electron chi connectivity index (χ2n) is 14.0. The number of pyridine rings is 1. The first-order valence-electron chi connectivity index (χ1n) is 18.7. The normalized spacial score (nSPS) is 11.6. The molecule has 0 fully saturated rings. The molecule has 56 heavy (non-hydrogen) atoms. The highest BCUT2D eigenvalue weighted by molar-refractivity contribution is 6.17. The smallest absolute Gasteiger partial charge is 0.160 e. The van der Waals surface area contributed by atoms with Crippen LogP contribution in [0.3, 0.4) is 0 Å². The number of furan rings is 2. The summed E-state index contributed by atoms with van der Waals surface area (Å²) in [5.74, 6) is 0.657. The second-order valence-corrected chi connectivity index (χ2v) is 14.0. The van der Waals surface area contributed by atoms with Crippen molar-refractivity contribution in [2.24, 2.45) is 0 Å². The summed E-state index contributed by atoms with van der Waals surface area (Å²) in [5, 5.41) is 4.37. The van der Waals surface area contributed by atoms with Crippen LogP contribution in [0.4, 0.5) is 0 Å². The fourth-order valence-electron chi connectivity index (χ4n) is 7.94. The predicted molar refractivity (Wildman–Crippen MR) is 227 cm³/mol. The molecule has 262 valence electrons. The zero-order valence-electron chi connectivity index (χ0n) is 30.1. The number of rotatable bonds is 6. The number of para-hydroxylation sites is 2. The molecule has 0 saturated heterocycles. The van der Waals surface area contributed by atoms with Crippen molar-refractivity contribution in [2.75, 3.05) is 0 Å². The Labute approximate surface area is 322 Å². The van der Waals surface area contributed by atoms with Crippen LogP contribution in [0.5, 0.6) is 0 Å². The van der Waals surface area contributed by atoms with Crippen LogP contribution >= 0.6 is 0 Å². The van der Waals surface area contributed by atoms with E-state index < -0.39 is 0 Å². The van der Waals surface area contributed by atoms with Gasteiger partial charge in [0.25, 0.3) is 0 Å². The van der Waals surface area contributed by atoms with Crippen LogP contribution in [-0.4, -0.2) is 15.0 Å². The topological polar surface area (TPSA) is 65.0 Å². The Balaban J connectivity index is 1.03. The molecule has 0 aliphatic heterocycles. The van der Waals surface area contributed by atoms with Gasteiger partial charge in [0.1, 0.15) is 22.3 Å². The molecule has 0 radical (unpaired) electrons. The number of aromatic nitrogens is 3. The molecule has 11 aromatic rings. The molecule has 4 heterocycles. The molecule has 0 unspecified atom stereocenters. The van der Waals surface area contributed by atoms with E-state index in [-0.39, 0.29) is 0 Å². The summed E-state index contributed by atoms with van der Waals surface area (Å²) in [6.45, 7) is 0. The molecule has 4 aromatic heterocycles. The number of hydrogen-bond donors (Lipinski definition) is 0. The van der Waals surface area contributed by atoms with Crippen molar-refractivity contribution < 1.29 is 8.83 Å². The Hall–Kier alpha value is -7.63. The summed E-state index contributed by atoms with van der Waals surface area (Å²) in [6, 6.07) is 60.5. The summed E-state index contributed by atoms with van der Waals surface area (Å²) < 4.78 is 12.9. The third kappa shape index (κ3) is 5.37. The Bertz CT molecular complexity index is 3240. The van der Waals surface area contributed by atoms with E-state index in [1.165, 1.54) is 0 Å². The first kappa shape index (κ1) is 31.9.